The minimum absolute atomic E-state index is 0.305. The van der Waals surface area contributed by atoms with Gasteiger partial charge in [0.2, 0.25) is 15.8 Å². The third-order valence-corrected chi connectivity index (χ3v) is 7.49. The predicted octanol–water partition coefficient (Wildman–Crippen LogP) is 3.34. The van der Waals surface area contributed by atoms with Crippen LogP contribution in [0.5, 0.6) is 17.2 Å². The number of piperazine rings is 1. The average Bonchev–Trinajstić information content (AvgIpc) is 2.86. The minimum Gasteiger partial charge on any atom is -0.490 e. The van der Waals surface area contributed by atoms with Crippen molar-refractivity contribution in [3.8, 4) is 17.2 Å². The molecule has 10 heteroatoms. The van der Waals surface area contributed by atoms with Gasteiger partial charge in [0, 0.05) is 32.2 Å². The van der Waals surface area contributed by atoms with Crippen LogP contribution in [0.15, 0.2) is 47.6 Å². The summed E-state index contributed by atoms with van der Waals surface area (Å²) in [5, 5.41) is 0.732. The standard InChI is InChI=1S/C24H30N4O5S/c1-4-31-20-16-19-21(23(33-6-3)22(20)32-5-2)24(26-17-25-19)27-12-14-28(15-13-27)34(29,30)18-10-8-7-9-11-18/h7-11,16-17H,4-6,12-15H2,1-3H3. The highest BCUT2D eigenvalue weighted by molar-refractivity contribution is 7.89. The Morgan fingerprint density at radius 1 is 0.853 bits per heavy atom. The molecule has 0 radical (unpaired) electrons. The van der Waals surface area contributed by atoms with E-state index in [2.05, 4.69) is 14.9 Å². The molecule has 0 N–H and O–H groups in total. The third kappa shape index (κ3) is 4.60. The van der Waals surface area contributed by atoms with E-state index < -0.39 is 10.0 Å². The summed E-state index contributed by atoms with van der Waals surface area (Å²) in [4.78, 5) is 11.4. The number of aromatic nitrogens is 2. The molecule has 2 aromatic carbocycles. The molecule has 0 atom stereocenters. The first-order valence-electron chi connectivity index (χ1n) is 11.5. The fourth-order valence-corrected chi connectivity index (χ4v) is 5.52. The summed E-state index contributed by atoms with van der Waals surface area (Å²) < 4.78 is 45.3. The van der Waals surface area contributed by atoms with Crippen molar-refractivity contribution in [2.75, 3.05) is 50.9 Å². The molecule has 1 aliphatic rings. The Hall–Kier alpha value is -3.11. The molecule has 34 heavy (non-hydrogen) atoms. The van der Waals surface area contributed by atoms with E-state index in [9.17, 15) is 8.42 Å². The van der Waals surface area contributed by atoms with Gasteiger partial charge in [0.15, 0.2) is 11.5 Å². The lowest BCUT2D eigenvalue weighted by atomic mass is 10.1. The second-order valence-corrected chi connectivity index (χ2v) is 9.57. The van der Waals surface area contributed by atoms with Crippen molar-refractivity contribution in [3.63, 3.8) is 0 Å². The van der Waals surface area contributed by atoms with E-state index in [1.54, 1.807) is 30.3 Å². The number of hydrogen-bond acceptors (Lipinski definition) is 8. The van der Waals surface area contributed by atoms with Gasteiger partial charge in [-0.15, -0.1) is 0 Å². The van der Waals surface area contributed by atoms with Gasteiger partial charge in [-0.3, -0.25) is 0 Å². The molecule has 0 spiro atoms. The Morgan fingerprint density at radius 3 is 2.15 bits per heavy atom. The van der Waals surface area contributed by atoms with Crippen molar-refractivity contribution in [2.24, 2.45) is 0 Å². The molecule has 4 rings (SSSR count). The van der Waals surface area contributed by atoms with Crippen molar-refractivity contribution in [3.05, 3.63) is 42.7 Å². The monoisotopic (exact) mass is 486 g/mol. The molecular formula is C24H30N4O5S. The van der Waals surface area contributed by atoms with Crippen molar-refractivity contribution in [1.29, 1.82) is 0 Å². The predicted molar refractivity (Wildman–Crippen MR) is 130 cm³/mol. The highest BCUT2D eigenvalue weighted by Gasteiger charge is 2.31. The van der Waals surface area contributed by atoms with E-state index in [1.807, 2.05) is 26.8 Å². The van der Waals surface area contributed by atoms with Gasteiger partial charge < -0.3 is 19.1 Å². The lowest BCUT2D eigenvalue weighted by molar-refractivity contribution is 0.263. The summed E-state index contributed by atoms with van der Waals surface area (Å²) in [6.45, 7) is 8.76. The van der Waals surface area contributed by atoms with Gasteiger partial charge >= 0.3 is 0 Å². The Labute approximate surface area is 200 Å². The van der Waals surface area contributed by atoms with Crippen molar-refractivity contribution < 1.29 is 22.6 Å². The molecule has 9 nitrogen and oxygen atoms in total. The fraction of sp³-hybridized carbons (Fsp3) is 0.417. The average molecular weight is 487 g/mol. The Kier molecular flexibility index (Phi) is 7.38. The summed E-state index contributed by atoms with van der Waals surface area (Å²) in [5.41, 5.74) is 0.680. The molecule has 3 aromatic rings. The van der Waals surface area contributed by atoms with Gasteiger partial charge in [0.25, 0.3) is 0 Å². The molecule has 182 valence electrons. The second-order valence-electron chi connectivity index (χ2n) is 7.63. The Morgan fingerprint density at radius 2 is 1.50 bits per heavy atom. The van der Waals surface area contributed by atoms with E-state index in [-0.39, 0.29) is 0 Å². The van der Waals surface area contributed by atoms with Crippen molar-refractivity contribution in [2.45, 2.75) is 25.7 Å². The number of rotatable bonds is 9. The molecular weight excluding hydrogens is 456 g/mol. The van der Waals surface area contributed by atoms with Crippen LogP contribution in [0.1, 0.15) is 20.8 Å². The summed E-state index contributed by atoms with van der Waals surface area (Å²) >= 11 is 0. The molecule has 2 heterocycles. The summed E-state index contributed by atoms with van der Waals surface area (Å²) in [5.74, 6) is 2.33. The van der Waals surface area contributed by atoms with Gasteiger partial charge in [-0.2, -0.15) is 4.31 Å². The van der Waals surface area contributed by atoms with Gasteiger partial charge in [-0.25, -0.2) is 18.4 Å². The van der Waals surface area contributed by atoms with Crippen LogP contribution in [-0.4, -0.2) is 68.7 Å². The Balaban J connectivity index is 1.69. The van der Waals surface area contributed by atoms with E-state index in [4.69, 9.17) is 14.2 Å². The first-order chi connectivity index (χ1) is 16.5. The number of benzene rings is 2. The molecule has 1 fully saturated rings. The van der Waals surface area contributed by atoms with Crippen LogP contribution in [0.25, 0.3) is 10.9 Å². The van der Waals surface area contributed by atoms with Crippen LogP contribution < -0.4 is 19.1 Å². The number of anilines is 1. The van der Waals surface area contributed by atoms with Crippen LogP contribution in [-0.2, 0) is 10.0 Å². The zero-order chi connectivity index (χ0) is 24.1. The first-order valence-corrected chi connectivity index (χ1v) is 12.9. The van der Waals surface area contributed by atoms with E-state index >= 15 is 0 Å². The molecule has 0 aliphatic carbocycles. The van der Waals surface area contributed by atoms with Crippen LogP contribution in [0.3, 0.4) is 0 Å². The fourth-order valence-electron chi connectivity index (χ4n) is 4.08. The number of sulfonamides is 1. The van der Waals surface area contributed by atoms with Crippen LogP contribution in [0.4, 0.5) is 5.82 Å². The maximum Gasteiger partial charge on any atom is 0.243 e. The first kappa shape index (κ1) is 24.0. The molecule has 0 unspecified atom stereocenters. The summed E-state index contributed by atoms with van der Waals surface area (Å²) in [6.07, 6.45) is 1.51. The largest absolute Gasteiger partial charge is 0.490 e. The van der Waals surface area contributed by atoms with E-state index in [1.165, 1.54) is 10.6 Å². The Bertz CT molecular complexity index is 1230. The molecule has 1 aliphatic heterocycles. The zero-order valence-electron chi connectivity index (χ0n) is 19.7. The van der Waals surface area contributed by atoms with Gasteiger partial charge in [0.1, 0.15) is 12.1 Å². The number of ether oxygens (including phenoxy) is 3. The third-order valence-electron chi connectivity index (χ3n) is 5.58. The quantitative estimate of drug-likeness (QED) is 0.455. The normalized spacial score (nSPS) is 14.9. The summed E-state index contributed by atoms with van der Waals surface area (Å²) in [7, 11) is -3.54. The van der Waals surface area contributed by atoms with Gasteiger partial charge in [-0.1, -0.05) is 18.2 Å². The lowest BCUT2D eigenvalue weighted by Gasteiger charge is -2.35. The molecule has 0 bridgehead atoms. The highest BCUT2D eigenvalue weighted by atomic mass is 32.2. The molecule has 0 amide bonds. The van der Waals surface area contributed by atoms with Crippen molar-refractivity contribution in [1.82, 2.24) is 14.3 Å². The van der Waals surface area contributed by atoms with Gasteiger partial charge in [-0.05, 0) is 32.9 Å². The lowest BCUT2D eigenvalue weighted by Crippen LogP contribution is -2.49. The molecule has 1 aromatic heterocycles. The summed E-state index contributed by atoms with van der Waals surface area (Å²) in [6, 6.07) is 10.4. The van der Waals surface area contributed by atoms with Gasteiger partial charge in [0.05, 0.1) is 35.6 Å². The van der Waals surface area contributed by atoms with Crippen LogP contribution in [0, 0.1) is 0 Å². The molecule has 0 saturated carbocycles. The molecule has 1 saturated heterocycles. The smallest absolute Gasteiger partial charge is 0.243 e. The number of hydrogen-bond donors (Lipinski definition) is 0. The highest BCUT2D eigenvalue weighted by Crippen LogP contribution is 2.46. The van der Waals surface area contributed by atoms with Crippen LogP contribution >= 0.6 is 0 Å². The number of nitrogens with zero attached hydrogens (tertiary/aromatic N) is 4. The maximum atomic E-state index is 13.0. The van der Waals surface area contributed by atoms with Crippen LogP contribution in [0.2, 0.25) is 0 Å². The second kappa shape index (κ2) is 10.4. The topological polar surface area (TPSA) is 94.1 Å². The SMILES string of the molecule is CCOc1cc2ncnc(N3CCN(S(=O)(=O)c4ccccc4)CC3)c2c(OCC)c1OCC. The minimum atomic E-state index is -3.54. The van der Waals surface area contributed by atoms with E-state index in [0.717, 1.165) is 5.39 Å². The maximum absolute atomic E-state index is 13.0. The zero-order valence-corrected chi connectivity index (χ0v) is 20.5. The van der Waals surface area contributed by atoms with E-state index in [0.29, 0.717) is 79.5 Å². The van der Waals surface area contributed by atoms with Crippen molar-refractivity contribution >= 4 is 26.7 Å². The number of fused-ring (bicyclic) bond motifs is 1.